The van der Waals surface area contributed by atoms with Crippen molar-refractivity contribution in [1.29, 1.82) is 0 Å². The van der Waals surface area contributed by atoms with Crippen LogP contribution in [0.5, 0.6) is 5.75 Å². The molecule has 1 aliphatic rings. The molecule has 1 aliphatic heterocycles. The molecular formula is C19H18FN3O. The zero-order valence-electron chi connectivity index (χ0n) is 13.4. The highest BCUT2D eigenvalue weighted by molar-refractivity contribution is 5.89. The van der Waals surface area contributed by atoms with Crippen LogP contribution in [0, 0.1) is 5.82 Å². The number of rotatable bonds is 3. The van der Waals surface area contributed by atoms with Crippen LogP contribution in [0.25, 0.3) is 10.9 Å². The second-order valence-electron chi connectivity index (χ2n) is 6.04. The van der Waals surface area contributed by atoms with Crippen molar-refractivity contribution in [1.82, 2.24) is 9.97 Å². The fourth-order valence-electron chi connectivity index (χ4n) is 3.39. The molecule has 0 radical (unpaired) electrons. The van der Waals surface area contributed by atoms with E-state index in [-0.39, 0.29) is 5.82 Å². The average Bonchev–Trinajstić information content (AvgIpc) is 3.12. The summed E-state index contributed by atoms with van der Waals surface area (Å²) in [6.45, 7) is 1.77. The number of benzene rings is 2. The van der Waals surface area contributed by atoms with Gasteiger partial charge in [-0.1, -0.05) is 18.2 Å². The van der Waals surface area contributed by atoms with Crippen LogP contribution < -0.4 is 9.64 Å². The Hall–Kier alpha value is -2.69. The number of fused-ring (bicyclic) bond motifs is 1. The van der Waals surface area contributed by atoms with Crippen molar-refractivity contribution in [2.75, 3.05) is 25.1 Å². The third-order valence-corrected chi connectivity index (χ3v) is 4.67. The zero-order valence-corrected chi connectivity index (χ0v) is 13.4. The quantitative estimate of drug-likeness (QED) is 0.735. The molecule has 0 saturated carbocycles. The molecule has 5 heteroatoms. The minimum absolute atomic E-state index is 0.304. The molecule has 0 spiro atoms. The predicted octanol–water partition coefficient (Wildman–Crippen LogP) is 3.77. The summed E-state index contributed by atoms with van der Waals surface area (Å²) in [4.78, 5) is 10.7. The van der Waals surface area contributed by atoms with Crippen LogP contribution in [-0.4, -0.2) is 30.2 Å². The Balaban J connectivity index is 1.62. The summed E-state index contributed by atoms with van der Waals surface area (Å²) in [6, 6.07) is 13.2. The molecule has 1 atom stereocenters. The lowest BCUT2D eigenvalue weighted by Gasteiger charge is -2.19. The third-order valence-electron chi connectivity index (χ3n) is 4.67. The van der Waals surface area contributed by atoms with Crippen LogP contribution in [-0.2, 0) is 0 Å². The van der Waals surface area contributed by atoms with Crippen molar-refractivity contribution in [3.63, 3.8) is 0 Å². The first-order valence-electron chi connectivity index (χ1n) is 8.04. The highest BCUT2D eigenvalue weighted by Gasteiger charge is 2.26. The van der Waals surface area contributed by atoms with Crippen molar-refractivity contribution in [3.8, 4) is 5.75 Å². The van der Waals surface area contributed by atoms with Crippen LogP contribution in [0.4, 0.5) is 10.2 Å². The van der Waals surface area contributed by atoms with E-state index in [1.54, 1.807) is 13.2 Å². The molecule has 1 aromatic heterocycles. The lowest BCUT2D eigenvalue weighted by atomic mass is 9.98. The lowest BCUT2D eigenvalue weighted by Crippen LogP contribution is -2.21. The van der Waals surface area contributed by atoms with Crippen molar-refractivity contribution in [3.05, 3.63) is 60.2 Å². The predicted molar refractivity (Wildman–Crippen MR) is 92.1 cm³/mol. The average molecular weight is 323 g/mol. The molecule has 122 valence electrons. The number of hydrogen-bond donors (Lipinski definition) is 0. The number of hydrogen-bond acceptors (Lipinski definition) is 4. The number of nitrogens with zero attached hydrogens (tertiary/aromatic N) is 3. The molecule has 1 saturated heterocycles. The third kappa shape index (κ3) is 2.56. The molecule has 0 bridgehead atoms. The van der Waals surface area contributed by atoms with E-state index in [1.807, 2.05) is 18.2 Å². The Morgan fingerprint density at radius 3 is 2.75 bits per heavy atom. The molecular weight excluding hydrogens is 305 g/mol. The maximum atomic E-state index is 13.9. The Morgan fingerprint density at radius 1 is 1.12 bits per heavy atom. The van der Waals surface area contributed by atoms with E-state index in [0.29, 0.717) is 11.4 Å². The lowest BCUT2D eigenvalue weighted by molar-refractivity contribution is 0.414. The van der Waals surface area contributed by atoms with Gasteiger partial charge in [-0.2, -0.15) is 0 Å². The molecule has 2 heterocycles. The number of ether oxygens (including phenoxy) is 1. The summed E-state index contributed by atoms with van der Waals surface area (Å²) in [6.07, 6.45) is 2.49. The molecule has 24 heavy (non-hydrogen) atoms. The van der Waals surface area contributed by atoms with Gasteiger partial charge in [0.25, 0.3) is 0 Å². The van der Waals surface area contributed by atoms with Gasteiger partial charge in [-0.25, -0.2) is 14.4 Å². The first-order valence-corrected chi connectivity index (χ1v) is 8.04. The van der Waals surface area contributed by atoms with Crippen LogP contribution in [0.3, 0.4) is 0 Å². The Bertz CT molecular complexity index is 866. The van der Waals surface area contributed by atoms with E-state index in [9.17, 15) is 4.39 Å². The second-order valence-corrected chi connectivity index (χ2v) is 6.04. The minimum atomic E-state index is -0.304. The first-order chi connectivity index (χ1) is 11.8. The molecule has 4 rings (SSSR count). The number of anilines is 1. The summed E-state index contributed by atoms with van der Waals surface area (Å²) in [5.41, 5.74) is 1.68. The van der Waals surface area contributed by atoms with Gasteiger partial charge >= 0.3 is 0 Å². The highest BCUT2D eigenvalue weighted by Crippen LogP contribution is 2.33. The fraction of sp³-hybridized carbons (Fsp3) is 0.263. The number of aromatic nitrogens is 2. The summed E-state index contributed by atoms with van der Waals surface area (Å²) in [5, 5.41) is 0.771. The zero-order chi connectivity index (χ0) is 16.5. The van der Waals surface area contributed by atoms with E-state index >= 15 is 0 Å². The molecule has 0 aliphatic carbocycles. The van der Waals surface area contributed by atoms with Crippen LogP contribution >= 0.6 is 0 Å². The Labute approximate surface area is 139 Å². The number of para-hydroxylation sites is 1. The van der Waals surface area contributed by atoms with Gasteiger partial charge in [0.2, 0.25) is 0 Å². The summed E-state index contributed by atoms with van der Waals surface area (Å²) < 4.78 is 19.2. The molecule has 4 nitrogen and oxygen atoms in total. The van der Waals surface area contributed by atoms with Gasteiger partial charge in [-0.05, 0) is 36.2 Å². The van der Waals surface area contributed by atoms with Gasteiger partial charge in [0.1, 0.15) is 29.2 Å². The van der Waals surface area contributed by atoms with Gasteiger partial charge in [-0.3, -0.25) is 0 Å². The molecule has 1 unspecified atom stereocenters. The number of halogens is 1. The Morgan fingerprint density at radius 2 is 1.96 bits per heavy atom. The number of methoxy groups -OCH3 is 1. The Kier molecular flexibility index (Phi) is 3.76. The van der Waals surface area contributed by atoms with E-state index in [1.165, 1.54) is 18.0 Å². The van der Waals surface area contributed by atoms with E-state index in [4.69, 9.17) is 4.74 Å². The van der Waals surface area contributed by atoms with Crippen LogP contribution in [0.15, 0.2) is 48.8 Å². The topological polar surface area (TPSA) is 38.2 Å². The summed E-state index contributed by atoms with van der Waals surface area (Å²) in [7, 11) is 1.67. The van der Waals surface area contributed by atoms with Gasteiger partial charge < -0.3 is 9.64 Å². The maximum absolute atomic E-state index is 13.9. The highest BCUT2D eigenvalue weighted by atomic mass is 19.1. The SMILES string of the molecule is COc1ccc(C2CCN(c3ncnc4c(F)cccc34)C2)cc1. The van der Waals surface area contributed by atoms with Gasteiger partial charge in [0.15, 0.2) is 0 Å². The van der Waals surface area contributed by atoms with Crippen molar-refractivity contribution < 1.29 is 9.13 Å². The normalized spacial score (nSPS) is 17.4. The summed E-state index contributed by atoms with van der Waals surface area (Å²) >= 11 is 0. The van der Waals surface area contributed by atoms with Crippen molar-refractivity contribution in [2.24, 2.45) is 0 Å². The first kappa shape index (κ1) is 14.9. The smallest absolute Gasteiger partial charge is 0.149 e. The van der Waals surface area contributed by atoms with E-state index in [0.717, 1.165) is 36.5 Å². The standard InChI is InChI=1S/C19H18FN3O/c1-24-15-7-5-13(6-8-15)14-9-10-23(11-14)19-16-3-2-4-17(20)18(16)21-12-22-19/h2-8,12,14H,9-11H2,1H3. The molecule has 0 amide bonds. The van der Waals surface area contributed by atoms with E-state index in [2.05, 4.69) is 27.0 Å². The van der Waals surface area contributed by atoms with Gasteiger partial charge in [0.05, 0.1) is 7.11 Å². The molecule has 2 aromatic carbocycles. The maximum Gasteiger partial charge on any atom is 0.149 e. The molecule has 1 fully saturated rings. The van der Waals surface area contributed by atoms with Crippen LogP contribution in [0.2, 0.25) is 0 Å². The van der Waals surface area contributed by atoms with Gasteiger partial charge in [0, 0.05) is 24.4 Å². The largest absolute Gasteiger partial charge is 0.497 e. The van der Waals surface area contributed by atoms with Crippen molar-refractivity contribution >= 4 is 16.7 Å². The van der Waals surface area contributed by atoms with Crippen molar-refractivity contribution in [2.45, 2.75) is 12.3 Å². The monoisotopic (exact) mass is 323 g/mol. The van der Waals surface area contributed by atoms with E-state index < -0.39 is 0 Å². The molecule has 0 N–H and O–H groups in total. The minimum Gasteiger partial charge on any atom is -0.497 e. The van der Waals surface area contributed by atoms with Crippen LogP contribution in [0.1, 0.15) is 17.9 Å². The fourth-order valence-corrected chi connectivity index (χ4v) is 3.39. The summed E-state index contributed by atoms with van der Waals surface area (Å²) in [5.74, 6) is 1.82. The van der Waals surface area contributed by atoms with Gasteiger partial charge in [-0.15, -0.1) is 0 Å². The second kappa shape index (κ2) is 6.07. The molecule has 3 aromatic rings.